The van der Waals surface area contributed by atoms with Crippen LogP contribution < -0.4 is 3.93 Å². The minimum absolute atomic E-state index is 0.0476. The summed E-state index contributed by atoms with van der Waals surface area (Å²) in [6.07, 6.45) is 0.855. The molecule has 0 spiro atoms. The number of nitrogens with zero attached hydrogens (tertiary/aromatic N) is 3. The highest BCUT2D eigenvalue weighted by atomic mass is 79.9. The quantitative estimate of drug-likeness (QED) is 0.697. The third-order valence-electron chi connectivity index (χ3n) is 3.91. The van der Waals surface area contributed by atoms with Crippen molar-refractivity contribution < 1.29 is 14.3 Å². The Labute approximate surface area is 156 Å². The summed E-state index contributed by atoms with van der Waals surface area (Å²) in [4.78, 5) is 26.4. The number of anilines is 1. The Hall–Kier alpha value is -2.07. The van der Waals surface area contributed by atoms with Gasteiger partial charge in [0.25, 0.3) is 0 Å². The summed E-state index contributed by atoms with van der Waals surface area (Å²) in [5.41, 5.74) is 0.702. The Bertz CT molecular complexity index is 668. The van der Waals surface area contributed by atoms with Crippen LogP contribution in [0.1, 0.15) is 39.2 Å². The van der Waals surface area contributed by atoms with E-state index in [0.29, 0.717) is 37.2 Å². The molecule has 2 amide bonds. The smallest absolute Gasteiger partial charge is 0.410 e. The van der Waals surface area contributed by atoms with E-state index in [1.807, 2.05) is 26.8 Å². The highest BCUT2D eigenvalue weighted by molar-refractivity contribution is 9.10. The van der Waals surface area contributed by atoms with Crippen molar-refractivity contribution in [2.45, 2.75) is 39.2 Å². The third kappa shape index (κ3) is 5.20. The number of nitriles is 1. The molecule has 0 unspecified atom stereocenters. The lowest BCUT2D eigenvalue weighted by molar-refractivity contribution is -0.122. The number of amides is 2. The average Bonchev–Trinajstić information content (AvgIpc) is 2.59. The zero-order valence-corrected chi connectivity index (χ0v) is 16.2. The van der Waals surface area contributed by atoms with Crippen LogP contribution in [0.15, 0.2) is 24.3 Å². The van der Waals surface area contributed by atoms with Crippen LogP contribution in [0, 0.1) is 17.2 Å². The van der Waals surface area contributed by atoms with Crippen molar-refractivity contribution in [3.05, 3.63) is 29.8 Å². The summed E-state index contributed by atoms with van der Waals surface area (Å²) < 4.78 is 6.80. The van der Waals surface area contributed by atoms with Gasteiger partial charge in [0.1, 0.15) is 5.60 Å². The molecule has 0 aliphatic carbocycles. The van der Waals surface area contributed by atoms with E-state index in [4.69, 9.17) is 10.00 Å². The fraction of sp³-hybridized carbons (Fsp3) is 0.500. The molecule has 0 radical (unpaired) electrons. The monoisotopic (exact) mass is 407 g/mol. The van der Waals surface area contributed by atoms with Crippen molar-refractivity contribution in [2.24, 2.45) is 5.92 Å². The van der Waals surface area contributed by atoms with Crippen LogP contribution in [-0.2, 0) is 9.53 Å². The van der Waals surface area contributed by atoms with Crippen molar-refractivity contribution in [1.82, 2.24) is 4.90 Å². The summed E-state index contributed by atoms with van der Waals surface area (Å²) in [7, 11) is 0. The fourth-order valence-corrected chi connectivity index (χ4v) is 3.12. The summed E-state index contributed by atoms with van der Waals surface area (Å²) in [6, 6.07) is 8.83. The number of likely N-dealkylation sites (tertiary alicyclic amines) is 1. The summed E-state index contributed by atoms with van der Waals surface area (Å²) in [6.45, 7) is 6.50. The summed E-state index contributed by atoms with van der Waals surface area (Å²) in [5, 5.41) is 8.84. The zero-order chi connectivity index (χ0) is 18.6. The molecule has 0 atom stereocenters. The molecule has 1 aromatic rings. The molecule has 25 heavy (non-hydrogen) atoms. The Kier molecular flexibility index (Phi) is 6.07. The van der Waals surface area contributed by atoms with Gasteiger partial charge in [-0.3, -0.25) is 4.79 Å². The molecule has 134 valence electrons. The SMILES string of the molecule is CC(C)(C)OC(=O)N1CCC(C(=O)N(Br)c2ccc(C#N)cc2)CC1. The number of piperidine rings is 1. The van der Waals surface area contributed by atoms with Crippen molar-refractivity contribution in [3.8, 4) is 6.07 Å². The van der Waals surface area contributed by atoms with Gasteiger partial charge in [0.2, 0.25) is 5.91 Å². The minimum Gasteiger partial charge on any atom is -0.444 e. The van der Waals surface area contributed by atoms with E-state index in [1.165, 1.54) is 3.93 Å². The van der Waals surface area contributed by atoms with Gasteiger partial charge in [0, 0.05) is 19.0 Å². The van der Waals surface area contributed by atoms with Gasteiger partial charge in [-0.1, -0.05) is 0 Å². The molecule has 1 aliphatic rings. The highest BCUT2D eigenvalue weighted by Crippen LogP contribution is 2.26. The van der Waals surface area contributed by atoms with E-state index in [9.17, 15) is 9.59 Å². The van der Waals surface area contributed by atoms with Crippen molar-refractivity contribution in [3.63, 3.8) is 0 Å². The second-order valence-electron chi connectivity index (χ2n) is 7.02. The van der Waals surface area contributed by atoms with E-state index in [2.05, 4.69) is 16.1 Å². The van der Waals surface area contributed by atoms with Crippen molar-refractivity contribution in [1.29, 1.82) is 5.26 Å². The molecule has 6 nitrogen and oxygen atoms in total. The molecule has 0 aromatic heterocycles. The Morgan fingerprint density at radius 3 is 2.28 bits per heavy atom. The number of hydrogen-bond donors (Lipinski definition) is 0. The lowest BCUT2D eigenvalue weighted by Crippen LogP contribution is -2.44. The standard InChI is InChI=1S/C18H22BrN3O3/c1-18(2,3)25-17(24)21-10-8-14(9-11-21)16(23)22(19)15-6-4-13(12-20)5-7-15/h4-7,14H,8-11H2,1-3H3. The molecular weight excluding hydrogens is 386 g/mol. The maximum atomic E-state index is 12.6. The number of ether oxygens (including phenoxy) is 1. The maximum absolute atomic E-state index is 12.6. The molecule has 1 aliphatic heterocycles. The van der Waals surface area contributed by atoms with Gasteiger partial charge in [-0.2, -0.15) is 5.26 Å². The zero-order valence-electron chi connectivity index (χ0n) is 14.7. The van der Waals surface area contributed by atoms with Crippen LogP contribution in [0.2, 0.25) is 0 Å². The minimum atomic E-state index is -0.522. The molecular formula is C18H22BrN3O3. The topological polar surface area (TPSA) is 73.6 Å². The van der Waals surface area contributed by atoms with Crippen molar-refractivity contribution >= 4 is 33.8 Å². The van der Waals surface area contributed by atoms with E-state index in [0.717, 1.165) is 0 Å². The number of rotatable bonds is 2. The number of carbonyl (C=O) groups is 2. The van der Waals surface area contributed by atoms with Crippen LogP contribution >= 0.6 is 16.1 Å². The van der Waals surface area contributed by atoms with Gasteiger partial charge in [-0.05, 0) is 57.9 Å². The van der Waals surface area contributed by atoms with E-state index in [1.54, 1.807) is 29.2 Å². The third-order valence-corrected chi connectivity index (χ3v) is 4.67. The van der Waals surface area contributed by atoms with Gasteiger partial charge in [0.15, 0.2) is 0 Å². The summed E-state index contributed by atoms with van der Waals surface area (Å²) >= 11 is 3.31. The average molecular weight is 408 g/mol. The van der Waals surface area contributed by atoms with E-state index in [-0.39, 0.29) is 17.9 Å². The van der Waals surface area contributed by atoms with E-state index < -0.39 is 5.60 Å². The number of carbonyl (C=O) groups excluding carboxylic acids is 2. The first-order valence-corrected chi connectivity index (χ1v) is 8.90. The predicted molar refractivity (Wildman–Crippen MR) is 98.1 cm³/mol. The number of halogens is 1. The molecule has 1 saturated heterocycles. The first kappa shape index (κ1) is 19.3. The molecule has 0 saturated carbocycles. The van der Waals surface area contributed by atoms with Gasteiger partial charge >= 0.3 is 6.09 Å². The fourth-order valence-electron chi connectivity index (χ4n) is 2.59. The maximum Gasteiger partial charge on any atom is 0.410 e. The second kappa shape index (κ2) is 7.87. The first-order valence-electron chi connectivity index (χ1n) is 8.19. The largest absolute Gasteiger partial charge is 0.444 e. The normalized spacial score (nSPS) is 15.4. The Balaban J connectivity index is 1.92. The first-order chi connectivity index (χ1) is 11.7. The van der Waals surface area contributed by atoms with Gasteiger partial charge in [0.05, 0.1) is 33.5 Å². The lowest BCUT2D eigenvalue weighted by atomic mass is 9.96. The van der Waals surface area contributed by atoms with Crippen LogP contribution in [0.25, 0.3) is 0 Å². The highest BCUT2D eigenvalue weighted by Gasteiger charge is 2.32. The lowest BCUT2D eigenvalue weighted by Gasteiger charge is -2.33. The van der Waals surface area contributed by atoms with E-state index >= 15 is 0 Å². The second-order valence-corrected chi connectivity index (χ2v) is 7.73. The molecule has 0 bridgehead atoms. The van der Waals surface area contributed by atoms with Crippen LogP contribution in [-0.4, -0.2) is 35.6 Å². The van der Waals surface area contributed by atoms with Gasteiger partial charge in [-0.15, -0.1) is 0 Å². The molecule has 1 heterocycles. The predicted octanol–water partition coefficient (Wildman–Crippen LogP) is 3.85. The number of hydrogen-bond acceptors (Lipinski definition) is 4. The molecule has 7 heteroatoms. The van der Waals surface area contributed by atoms with Crippen LogP contribution in [0.5, 0.6) is 0 Å². The molecule has 1 fully saturated rings. The van der Waals surface area contributed by atoms with Crippen molar-refractivity contribution in [2.75, 3.05) is 17.0 Å². The van der Waals surface area contributed by atoms with Gasteiger partial charge in [-0.25, -0.2) is 8.72 Å². The number of benzene rings is 1. The molecule has 2 rings (SSSR count). The Morgan fingerprint density at radius 1 is 1.24 bits per heavy atom. The molecule has 0 N–H and O–H groups in total. The molecule has 1 aromatic carbocycles. The summed E-state index contributed by atoms with van der Waals surface area (Å²) in [5.74, 6) is -0.206. The van der Waals surface area contributed by atoms with Crippen LogP contribution in [0.3, 0.4) is 0 Å². The van der Waals surface area contributed by atoms with Gasteiger partial charge < -0.3 is 9.64 Å². The Morgan fingerprint density at radius 2 is 1.80 bits per heavy atom. The van der Waals surface area contributed by atoms with Crippen LogP contribution in [0.4, 0.5) is 10.5 Å².